The van der Waals surface area contributed by atoms with Gasteiger partial charge in [0.2, 0.25) is 0 Å². The minimum Gasteiger partial charge on any atom is -0.484 e. The molecule has 0 aliphatic rings. The van der Waals surface area contributed by atoms with Crippen LogP contribution in [-0.4, -0.2) is 42.3 Å². The van der Waals surface area contributed by atoms with E-state index in [9.17, 15) is 19.7 Å². The fourth-order valence-electron chi connectivity index (χ4n) is 1.91. The second kappa shape index (κ2) is 8.43. The van der Waals surface area contributed by atoms with Crippen LogP contribution < -0.4 is 10.1 Å². The molecule has 0 atom stereocenters. The van der Waals surface area contributed by atoms with Crippen LogP contribution in [0.4, 0.5) is 11.4 Å². The minimum absolute atomic E-state index is 0.0821. The van der Waals surface area contributed by atoms with Crippen LogP contribution in [0.15, 0.2) is 46.9 Å². The molecule has 0 heterocycles. The molecule has 9 heteroatoms. The number of ether oxygens (including phenoxy) is 1. The summed E-state index contributed by atoms with van der Waals surface area (Å²) in [7, 11) is 3.27. The zero-order chi connectivity index (χ0) is 19.3. The third kappa shape index (κ3) is 5.03. The van der Waals surface area contributed by atoms with Crippen molar-refractivity contribution >= 4 is 39.1 Å². The number of benzene rings is 2. The van der Waals surface area contributed by atoms with Crippen molar-refractivity contribution in [1.29, 1.82) is 0 Å². The standard InChI is InChI=1S/C17H16BrN3O5/c1-20(2)16(22)10-26-13-6-4-12(5-7-13)19-17(23)11-3-8-14(18)15(9-11)21(24)25/h3-9H,10H2,1-2H3,(H,19,23). The summed E-state index contributed by atoms with van der Waals surface area (Å²) in [6.07, 6.45) is 0. The number of nitrogens with zero attached hydrogens (tertiary/aromatic N) is 2. The topological polar surface area (TPSA) is 102 Å². The van der Waals surface area contributed by atoms with Gasteiger partial charge in [-0.3, -0.25) is 19.7 Å². The van der Waals surface area contributed by atoms with Gasteiger partial charge in [0, 0.05) is 31.4 Å². The van der Waals surface area contributed by atoms with Crippen LogP contribution in [0.5, 0.6) is 5.75 Å². The van der Waals surface area contributed by atoms with Crippen molar-refractivity contribution in [3.8, 4) is 5.75 Å². The third-order valence-electron chi connectivity index (χ3n) is 3.38. The number of halogens is 1. The molecule has 0 aliphatic heterocycles. The molecule has 26 heavy (non-hydrogen) atoms. The summed E-state index contributed by atoms with van der Waals surface area (Å²) in [5.41, 5.74) is 0.468. The molecule has 0 fully saturated rings. The summed E-state index contributed by atoms with van der Waals surface area (Å²) in [5, 5.41) is 13.6. The maximum atomic E-state index is 12.2. The van der Waals surface area contributed by atoms with Crippen molar-refractivity contribution in [2.75, 3.05) is 26.0 Å². The molecular weight excluding hydrogens is 406 g/mol. The van der Waals surface area contributed by atoms with E-state index in [0.29, 0.717) is 15.9 Å². The van der Waals surface area contributed by atoms with Crippen molar-refractivity contribution in [2.24, 2.45) is 0 Å². The molecule has 0 unspecified atom stereocenters. The van der Waals surface area contributed by atoms with Gasteiger partial charge < -0.3 is 15.0 Å². The van der Waals surface area contributed by atoms with Gasteiger partial charge in [0.05, 0.1) is 9.40 Å². The summed E-state index contributed by atoms with van der Waals surface area (Å²) < 4.78 is 5.64. The van der Waals surface area contributed by atoms with E-state index >= 15 is 0 Å². The average Bonchev–Trinajstić information content (AvgIpc) is 2.60. The summed E-state index contributed by atoms with van der Waals surface area (Å²) in [6, 6.07) is 10.6. The lowest BCUT2D eigenvalue weighted by atomic mass is 10.2. The number of nitro benzene ring substituents is 1. The molecule has 0 aliphatic carbocycles. The van der Waals surface area contributed by atoms with Crippen LogP contribution in [0.1, 0.15) is 10.4 Å². The Morgan fingerprint density at radius 2 is 1.85 bits per heavy atom. The van der Waals surface area contributed by atoms with Crippen LogP contribution in [0.3, 0.4) is 0 Å². The first-order valence-electron chi connectivity index (χ1n) is 7.46. The highest BCUT2D eigenvalue weighted by Gasteiger charge is 2.16. The lowest BCUT2D eigenvalue weighted by Gasteiger charge is -2.12. The number of anilines is 1. The Morgan fingerprint density at radius 3 is 2.42 bits per heavy atom. The Hall–Kier alpha value is -2.94. The van der Waals surface area contributed by atoms with Gasteiger partial charge in [-0.1, -0.05) is 0 Å². The predicted octanol–water partition coefficient (Wildman–Crippen LogP) is 3.08. The molecule has 0 saturated heterocycles. The molecule has 0 aromatic heterocycles. The molecular formula is C17H16BrN3O5. The fraction of sp³-hybridized carbons (Fsp3) is 0.176. The molecule has 2 amide bonds. The van der Waals surface area contributed by atoms with E-state index < -0.39 is 10.8 Å². The normalized spacial score (nSPS) is 10.1. The van der Waals surface area contributed by atoms with Gasteiger partial charge >= 0.3 is 0 Å². The zero-order valence-electron chi connectivity index (χ0n) is 14.1. The second-order valence-corrected chi connectivity index (χ2v) is 6.33. The van der Waals surface area contributed by atoms with Gasteiger partial charge in [-0.15, -0.1) is 0 Å². The zero-order valence-corrected chi connectivity index (χ0v) is 15.6. The average molecular weight is 422 g/mol. The van der Waals surface area contributed by atoms with Crippen LogP contribution in [0, 0.1) is 10.1 Å². The maximum Gasteiger partial charge on any atom is 0.284 e. The summed E-state index contributed by atoms with van der Waals surface area (Å²) >= 11 is 3.07. The number of hydrogen-bond acceptors (Lipinski definition) is 5. The molecule has 0 saturated carbocycles. The quantitative estimate of drug-likeness (QED) is 0.570. The molecule has 0 bridgehead atoms. The summed E-state index contributed by atoms with van der Waals surface area (Å²) in [6.45, 7) is -0.0821. The third-order valence-corrected chi connectivity index (χ3v) is 4.05. The van der Waals surface area contributed by atoms with Crippen molar-refractivity contribution in [2.45, 2.75) is 0 Å². The van der Waals surface area contributed by atoms with E-state index in [2.05, 4.69) is 21.2 Å². The van der Waals surface area contributed by atoms with Crippen molar-refractivity contribution in [3.63, 3.8) is 0 Å². The Labute approximate surface area is 158 Å². The lowest BCUT2D eigenvalue weighted by molar-refractivity contribution is -0.385. The number of carbonyl (C=O) groups is 2. The van der Waals surface area contributed by atoms with Crippen LogP contribution in [-0.2, 0) is 4.79 Å². The SMILES string of the molecule is CN(C)C(=O)COc1ccc(NC(=O)c2ccc(Br)c([N+](=O)[O-])c2)cc1. The molecule has 8 nitrogen and oxygen atoms in total. The van der Waals surface area contributed by atoms with E-state index in [0.717, 1.165) is 0 Å². The van der Waals surface area contributed by atoms with Gasteiger partial charge in [-0.25, -0.2) is 0 Å². The van der Waals surface area contributed by atoms with E-state index in [1.807, 2.05) is 0 Å². The van der Waals surface area contributed by atoms with Gasteiger partial charge in [0.15, 0.2) is 6.61 Å². The maximum absolute atomic E-state index is 12.2. The van der Waals surface area contributed by atoms with Crippen molar-refractivity contribution in [3.05, 3.63) is 62.6 Å². The number of nitrogens with one attached hydrogen (secondary N) is 1. The molecule has 1 N–H and O–H groups in total. The Kier molecular flexibility index (Phi) is 6.29. The van der Waals surface area contributed by atoms with Gasteiger partial charge in [-0.05, 0) is 52.3 Å². The number of carbonyl (C=O) groups excluding carboxylic acids is 2. The van der Waals surface area contributed by atoms with E-state index in [-0.39, 0.29) is 23.8 Å². The first-order valence-corrected chi connectivity index (χ1v) is 8.25. The van der Waals surface area contributed by atoms with Gasteiger partial charge in [0.1, 0.15) is 5.75 Å². The van der Waals surface area contributed by atoms with Crippen molar-refractivity contribution < 1.29 is 19.2 Å². The predicted molar refractivity (Wildman–Crippen MR) is 99.4 cm³/mol. The molecule has 2 rings (SSSR count). The fourth-order valence-corrected chi connectivity index (χ4v) is 2.30. The molecule has 0 radical (unpaired) electrons. The lowest BCUT2D eigenvalue weighted by Crippen LogP contribution is -2.27. The van der Waals surface area contributed by atoms with Gasteiger partial charge in [0.25, 0.3) is 17.5 Å². The van der Waals surface area contributed by atoms with E-state index in [1.165, 1.54) is 23.1 Å². The summed E-state index contributed by atoms with van der Waals surface area (Å²) in [4.78, 5) is 35.5. The minimum atomic E-state index is -0.567. The van der Waals surface area contributed by atoms with Crippen LogP contribution in [0.25, 0.3) is 0 Å². The Morgan fingerprint density at radius 1 is 1.19 bits per heavy atom. The first-order chi connectivity index (χ1) is 12.3. The largest absolute Gasteiger partial charge is 0.484 e. The second-order valence-electron chi connectivity index (χ2n) is 5.48. The number of hydrogen-bond donors (Lipinski definition) is 1. The molecule has 136 valence electrons. The Balaban J connectivity index is 2.02. The summed E-state index contributed by atoms with van der Waals surface area (Å²) in [5.74, 6) is -0.159. The monoisotopic (exact) mass is 421 g/mol. The van der Waals surface area contributed by atoms with Crippen LogP contribution in [0.2, 0.25) is 0 Å². The Bertz CT molecular complexity index is 837. The highest BCUT2D eigenvalue weighted by atomic mass is 79.9. The van der Waals surface area contributed by atoms with Gasteiger partial charge in [-0.2, -0.15) is 0 Å². The van der Waals surface area contributed by atoms with Crippen LogP contribution >= 0.6 is 15.9 Å². The van der Waals surface area contributed by atoms with E-state index in [1.54, 1.807) is 38.4 Å². The molecule has 0 spiro atoms. The number of rotatable bonds is 6. The molecule has 2 aromatic carbocycles. The van der Waals surface area contributed by atoms with E-state index in [4.69, 9.17) is 4.74 Å². The number of amides is 2. The van der Waals surface area contributed by atoms with Crippen molar-refractivity contribution in [1.82, 2.24) is 4.90 Å². The highest BCUT2D eigenvalue weighted by molar-refractivity contribution is 9.10. The molecule has 2 aromatic rings. The number of nitro groups is 1. The first kappa shape index (κ1) is 19.4. The highest BCUT2D eigenvalue weighted by Crippen LogP contribution is 2.26. The number of likely N-dealkylation sites (N-methyl/N-ethyl adjacent to an activating group) is 1. The smallest absolute Gasteiger partial charge is 0.284 e.